The molecule has 30 heavy (non-hydrogen) atoms. The lowest BCUT2D eigenvalue weighted by Gasteiger charge is -2.41. The van der Waals surface area contributed by atoms with Crippen molar-refractivity contribution in [1.82, 2.24) is 0 Å². The Bertz CT molecular complexity index is 847. The van der Waals surface area contributed by atoms with Crippen molar-refractivity contribution in [1.29, 1.82) is 0 Å². The molecule has 2 saturated carbocycles. The highest BCUT2D eigenvalue weighted by molar-refractivity contribution is 6.11. The molecule has 1 aromatic carbocycles. The Morgan fingerprint density at radius 1 is 0.633 bits per heavy atom. The Morgan fingerprint density at radius 3 is 1.33 bits per heavy atom. The summed E-state index contributed by atoms with van der Waals surface area (Å²) in [4.78, 5) is 53.0. The summed E-state index contributed by atoms with van der Waals surface area (Å²) >= 11 is 0. The van der Waals surface area contributed by atoms with Crippen LogP contribution in [0.25, 0.3) is 0 Å². The molecule has 2 fully saturated rings. The van der Waals surface area contributed by atoms with E-state index in [-0.39, 0.29) is 34.0 Å². The van der Waals surface area contributed by atoms with E-state index in [4.69, 9.17) is 0 Å². The van der Waals surface area contributed by atoms with Crippen LogP contribution >= 0.6 is 0 Å². The topological polar surface area (TPSA) is 68.3 Å². The summed E-state index contributed by atoms with van der Waals surface area (Å²) in [6, 6.07) is 4.01. The first-order valence-corrected chi connectivity index (χ1v) is 10.9. The van der Waals surface area contributed by atoms with Crippen molar-refractivity contribution in [2.45, 2.75) is 80.1 Å². The van der Waals surface area contributed by atoms with Crippen molar-refractivity contribution in [3.8, 4) is 0 Å². The maximum Gasteiger partial charge on any atom is 0.144 e. The molecule has 0 aliphatic heterocycles. The minimum atomic E-state index is -0.919. The van der Waals surface area contributed by atoms with Gasteiger partial charge < -0.3 is 0 Å². The molecule has 0 N–H and O–H groups in total. The van der Waals surface area contributed by atoms with E-state index in [2.05, 4.69) is 0 Å². The molecular weight excluding hydrogens is 376 g/mol. The maximum atomic E-state index is 13.2. The average molecular weight is 411 g/mol. The van der Waals surface area contributed by atoms with E-state index in [9.17, 15) is 19.2 Å². The summed E-state index contributed by atoms with van der Waals surface area (Å²) in [6.45, 7) is 13.6. The predicted molar refractivity (Wildman–Crippen MR) is 116 cm³/mol. The molecule has 0 aromatic heterocycles. The van der Waals surface area contributed by atoms with Gasteiger partial charge in [0.15, 0.2) is 0 Å². The van der Waals surface area contributed by atoms with Gasteiger partial charge in [-0.2, -0.15) is 0 Å². The molecule has 4 heteroatoms. The molecular formula is C26H34O4. The van der Waals surface area contributed by atoms with Crippen LogP contribution in [0.2, 0.25) is 0 Å². The van der Waals surface area contributed by atoms with Gasteiger partial charge in [0, 0.05) is 31.6 Å². The normalized spacial score (nSPS) is 22.8. The minimum Gasteiger partial charge on any atom is -0.299 e. The van der Waals surface area contributed by atoms with Crippen LogP contribution in [-0.2, 0) is 19.2 Å². The van der Waals surface area contributed by atoms with E-state index >= 15 is 0 Å². The van der Waals surface area contributed by atoms with Crippen LogP contribution in [0, 0.1) is 43.4 Å². The number of ketones is 4. The highest BCUT2D eigenvalue weighted by atomic mass is 16.2. The number of hydrogen-bond donors (Lipinski definition) is 0. The fourth-order valence-electron chi connectivity index (χ4n) is 5.51. The van der Waals surface area contributed by atoms with Gasteiger partial charge in [-0.05, 0) is 53.9 Å². The Kier molecular flexibility index (Phi) is 5.68. The molecule has 0 bridgehead atoms. The van der Waals surface area contributed by atoms with Crippen molar-refractivity contribution >= 4 is 23.1 Å². The van der Waals surface area contributed by atoms with Gasteiger partial charge in [-0.1, -0.05) is 39.8 Å². The molecule has 0 amide bonds. The van der Waals surface area contributed by atoms with Crippen molar-refractivity contribution in [2.24, 2.45) is 22.7 Å². The molecule has 0 spiro atoms. The lowest BCUT2D eigenvalue weighted by Crippen LogP contribution is -2.48. The van der Waals surface area contributed by atoms with E-state index in [0.717, 1.165) is 22.3 Å². The van der Waals surface area contributed by atoms with E-state index in [1.165, 1.54) is 0 Å². The second kappa shape index (κ2) is 7.55. The summed E-state index contributed by atoms with van der Waals surface area (Å²) < 4.78 is 0. The predicted octanol–water partition coefficient (Wildman–Crippen LogP) is 4.84. The first kappa shape index (κ1) is 22.6. The van der Waals surface area contributed by atoms with Crippen molar-refractivity contribution in [2.75, 3.05) is 0 Å². The number of aryl methyl sites for hydroxylation is 3. The Balaban J connectivity index is 2.17. The number of carbonyl (C=O) groups is 4. The lowest BCUT2D eigenvalue weighted by molar-refractivity contribution is -0.145. The number of hydrogen-bond acceptors (Lipinski definition) is 4. The van der Waals surface area contributed by atoms with Crippen molar-refractivity contribution in [3.05, 3.63) is 34.4 Å². The molecule has 162 valence electrons. The second-order valence-electron chi connectivity index (χ2n) is 11.2. The SMILES string of the molecule is Cc1cc(C)c(C(C2C(=O)CC(C)(C)CC2=O)C2C(=O)CC(C)(C)CC2=O)cc1C. The lowest BCUT2D eigenvalue weighted by atomic mass is 9.59. The Hall–Kier alpha value is -2.10. The number of benzene rings is 1. The summed E-state index contributed by atoms with van der Waals surface area (Å²) in [7, 11) is 0. The first-order valence-electron chi connectivity index (χ1n) is 10.9. The van der Waals surface area contributed by atoms with Crippen LogP contribution in [0.1, 0.15) is 81.5 Å². The fourth-order valence-corrected chi connectivity index (χ4v) is 5.51. The van der Waals surface area contributed by atoms with Crippen molar-refractivity contribution in [3.63, 3.8) is 0 Å². The van der Waals surface area contributed by atoms with Crippen LogP contribution < -0.4 is 0 Å². The molecule has 0 atom stereocenters. The fraction of sp³-hybridized carbons (Fsp3) is 0.615. The minimum absolute atomic E-state index is 0.135. The van der Waals surface area contributed by atoms with Gasteiger partial charge in [0.25, 0.3) is 0 Å². The maximum absolute atomic E-state index is 13.2. The quantitative estimate of drug-likeness (QED) is 0.669. The van der Waals surface area contributed by atoms with Gasteiger partial charge in [0.05, 0.1) is 11.8 Å². The molecule has 0 heterocycles. The summed E-state index contributed by atoms with van der Waals surface area (Å²) in [5.41, 5.74) is 3.12. The van der Waals surface area contributed by atoms with Crippen LogP contribution in [0.15, 0.2) is 12.1 Å². The largest absolute Gasteiger partial charge is 0.299 e. The van der Waals surface area contributed by atoms with Crippen LogP contribution in [-0.4, -0.2) is 23.1 Å². The second-order valence-corrected chi connectivity index (χ2v) is 11.2. The van der Waals surface area contributed by atoms with E-state index in [1.807, 2.05) is 60.6 Å². The summed E-state index contributed by atoms with van der Waals surface area (Å²) in [5, 5.41) is 0. The number of carbonyl (C=O) groups excluding carboxylic acids is 4. The number of rotatable bonds is 3. The number of Topliss-reactive ketones (excluding diaryl/α,β-unsaturated/α-hetero) is 4. The van der Waals surface area contributed by atoms with Crippen LogP contribution in [0.4, 0.5) is 0 Å². The summed E-state index contributed by atoms with van der Waals surface area (Å²) in [6.07, 6.45) is 1.18. The van der Waals surface area contributed by atoms with E-state index < -0.39 is 17.8 Å². The smallest absolute Gasteiger partial charge is 0.144 e. The van der Waals surface area contributed by atoms with Gasteiger partial charge in [0.1, 0.15) is 23.1 Å². The van der Waals surface area contributed by atoms with Crippen LogP contribution in [0.5, 0.6) is 0 Å². The molecule has 3 rings (SSSR count). The van der Waals surface area contributed by atoms with Crippen LogP contribution in [0.3, 0.4) is 0 Å². The molecule has 0 radical (unpaired) electrons. The molecule has 1 aromatic rings. The molecule has 4 nitrogen and oxygen atoms in total. The molecule has 2 aliphatic carbocycles. The third kappa shape index (κ3) is 4.19. The third-order valence-electron chi connectivity index (χ3n) is 6.96. The van der Waals surface area contributed by atoms with E-state index in [1.54, 1.807) is 0 Å². The highest BCUT2D eigenvalue weighted by Gasteiger charge is 2.52. The Labute approximate surface area is 179 Å². The zero-order chi connectivity index (χ0) is 22.6. The van der Waals surface area contributed by atoms with Crippen molar-refractivity contribution < 1.29 is 19.2 Å². The van der Waals surface area contributed by atoms with E-state index in [0.29, 0.717) is 25.7 Å². The standard InChI is InChI=1S/C26H34O4/c1-14-8-16(3)17(9-15(14)2)22(23-18(27)10-25(4,5)11-19(23)28)24-20(29)12-26(6,7)13-21(24)30/h8-9,22-24H,10-13H2,1-7H3. The Morgan fingerprint density at radius 2 is 0.967 bits per heavy atom. The summed E-state index contributed by atoms with van der Waals surface area (Å²) in [5.74, 6) is -3.07. The molecule has 0 unspecified atom stereocenters. The monoisotopic (exact) mass is 410 g/mol. The average Bonchev–Trinajstić information content (AvgIpc) is 2.53. The van der Waals surface area contributed by atoms with Gasteiger partial charge >= 0.3 is 0 Å². The van der Waals surface area contributed by atoms with Gasteiger partial charge in [-0.15, -0.1) is 0 Å². The zero-order valence-corrected chi connectivity index (χ0v) is 19.3. The third-order valence-corrected chi connectivity index (χ3v) is 6.96. The first-order chi connectivity index (χ1) is 13.7. The zero-order valence-electron chi connectivity index (χ0n) is 19.3. The molecule has 2 aliphatic rings. The molecule has 0 saturated heterocycles. The van der Waals surface area contributed by atoms with Gasteiger partial charge in [-0.3, -0.25) is 19.2 Å². The highest BCUT2D eigenvalue weighted by Crippen LogP contribution is 2.47. The van der Waals surface area contributed by atoms with Gasteiger partial charge in [0.2, 0.25) is 0 Å². The van der Waals surface area contributed by atoms with Gasteiger partial charge in [-0.25, -0.2) is 0 Å².